The Morgan fingerprint density at radius 3 is 0.692 bits per heavy atom. The van der Waals surface area contributed by atoms with E-state index in [1.807, 2.05) is 0 Å². The molecule has 0 saturated heterocycles. The van der Waals surface area contributed by atoms with E-state index in [-0.39, 0.29) is 57.2 Å². The molecule has 0 spiro atoms. The van der Waals surface area contributed by atoms with Crippen LogP contribution in [0.4, 0.5) is 0 Å². The summed E-state index contributed by atoms with van der Waals surface area (Å²) in [5, 5.41) is 0. The second kappa shape index (κ2) is 12.1. The first-order valence-electron chi connectivity index (χ1n) is 1.46. The average Bonchev–Trinajstić information content (AvgIpc) is 1.12. The van der Waals surface area contributed by atoms with Gasteiger partial charge in [-0.2, -0.15) is 15.6 Å². The Morgan fingerprint density at radius 2 is 0.692 bits per heavy atom. The fourth-order valence-electron chi connectivity index (χ4n) is 0. The Hall–Kier alpha value is 2.03. The van der Waals surface area contributed by atoms with Gasteiger partial charge in [-0.3, -0.25) is 0 Å². The largest absolute Gasteiger partial charge is 2.00 e. The minimum Gasteiger partial charge on any atom is -0.822 e. The van der Waals surface area contributed by atoms with Crippen molar-refractivity contribution >= 4 is 38.7 Å². The zero-order chi connectivity index (χ0) is 9.00. The molecule has 8 nitrogen and oxygen atoms in total. The molecule has 0 unspecified atom stereocenters. The van der Waals surface area contributed by atoms with E-state index in [4.69, 9.17) is 38.5 Å². The van der Waals surface area contributed by atoms with Gasteiger partial charge in [0, 0.05) is 0 Å². The fourth-order valence-corrected chi connectivity index (χ4v) is 0. The van der Waals surface area contributed by atoms with E-state index in [9.17, 15) is 0 Å². The summed E-state index contributed by atoms with van der Waals surface area (Å²) in [6.45, 7) is 0. The van der Waals surface area contributed by atoms with Crippen molar-refractivity contribution in [1.29, 1.82) is 0 Å². The maximum atomic E-state index is 8.55. The van der Waals surface area contributed by atoms with E-state index in [1.54, 1.807) is 0 Å². The molecule has 0 N–H and O–H groups in total. The molecule has 0 amide bonds. The minimum atomic E-state index is -5.39. The molecule has 0 aliphatic heterocycles. The Bertz CT molecular complexity index is 134. The van der Waals surface area contributed by atoms with Gasteiger partial charge in [-0.05, 0) is 0 Å². The molecule has 0 saturated carbocycles. The average molecular weight is 325 g/mol. The first kappa shape index (κ1) is 29.4. The molecule has 0 fully saturated rings. The summed E-state index contributed by atoms with van der Waals surface area (Å²) in [6, 6.07) is 0. The van der Waals surface area contributed by atoms with Crippen LogP contribution in [0.25, 0.3) is 0 Å². The summed E-state index contributed by atoms with van der Waals surface area (Å²) < 4.78 is 17.1. The normalized spacial score (nSPS) is 9.08. The molecule has 0 aromatic rings. The van der Waals surface area contributed by atoms with Crippen molar-refractivity contribution in [3.8, 4) is 0 Å². The molecule has 13 heavy (non-hydrogen) atoms. The minimum absolute atomic E-state index is 0. The van der Waals surface area contributed by atoms with E-state index < -0.39 is 15.6 Å². The van der Waals surface area contributed by atoms with Gasteiger partial charge in [0.25, 0.3) is 0 Å². The maximum absolute atomic E-state index is 8.55. The van der Waals surface area contributed by atoms with E-state index in [2.05, 4.69) is 0 Å². The molecule has 0 bridgehead atoms. The van der Waals surface area contributed by atoms with Crippen LogP contribution in [0, 0.1) is 0 Å². The molecule has 1 radical (unpaired) electrons. The van der Waals surface area contributed by atoms with Gasteiger partial charge in [-0.25, -0.2) is 0 Å². The third-order valence-corrected chi connectivity index (χ3v) is 0. The van der Waals surface area contributed by atoms with Crippen LogP contribution in [-0.4, -0.2) is 23.1 Å². The van der Waals surface area contributed by atoms with Crippen LogP contribution in [0.1, 0.15) is 0 Å². The first-order chi connectivity index (χ1) is 4.00. The summed E-state index contributed by atoms with van der Waals surface area (Å²) in [5.41, 5.74) is 0. The SMILES string of the molecule is O=P([O-])([O-])[O-].O=P([O-])([O-])[O-].[Fe+2].[Mg+2].[Mn+2]. The van der Waals surface area contributed by atoms with Crippen molar-refractivity contribution in [3.05, 3.63) is 0 Å². The van der Waals surface area contributed by atoms with E-state index in [0.717, 1.165) is 0 Å². The van der Waals surface area contributed by atoms with E-state index in [0.29, 0.717) is 0 Å². The number of rotatable bonds is 0. The molecule has 0 aromatic carbocycles. The zero-order valence-corrected chi connectivity index (χ0v) is 11.1. The monoisotopic (exact) mass is 325 g/mol. The second-order valence-corrected chi connectivity index (χ2v) is 2.68. The van der Waals surface area contributed by atoms with Gasteiger partial charge in [0.2, 0.25) is 0 Å². The van der Waals surface area contributed by atoms with Crippen LogP contribution in [-0.2, 0) is 43.3 Å². The van der Waals surface area contributed by atoms with Crippen LogP contribution < -0.4 is 29.4 Å². The van der Waals surface area contributed by atoms with Crippen molar-refractivity contribution in [1.82, 2.24) is 0 Å². The third kappa shape index (κ3) is 494. The standard InChI is InChI=1S/Fe.Mg.Mn.2H3O4P/c;;;2*1-5(2,3)4/h;;;2*(H3,1,2,3,4)/q3*+2;;/p-6. The van der Waals surface area contributed by atoms with Gasteiger partial charge in [-0.15, -0.1) is 0 Å². The molecule has 0 aromatic heterocycles. The van der Waals surface area contributed by atoms with E-state index >= 15 is 0 Å². The Labute approximate surface area is 111 Å². The molecule has 0 atom stereocenters. The maximum Gasteiger partial charge on any atom is 2.00 e. The zero-order valence-electron chi connectivity index (χ0n) is 5.60. The molecular formula is FeMgMnO8P2. The second-order valence-electron chi connectivity index (χ2n) is 0.894. The van der Waals surface area contributed by atoms with Gasteiger partial charge in [-0.1, -0.05) is 0 Å². The third-order valence-electron chi connectivity index (χ3n) is 0. The summed E-state index contributed by atoms with van der Waals surface area (Å²) in [4.78, 5) is 51.3. The number of hydrogen-bond donors (Lipinski definition) is 0. The molecule has 0 aliphatic rings. The quantitative estimate of drug-likeness (QED) is 0.312. The summed E-state index contributed by atoms with van der Waals surface area (Å²) in [7, 11) is -10.8. The summed E-state index contributed by atoms with van der Waals surface area (Å²) in [6.07, 6.45) is 0. The van der Waals surface area contributed by atoms with Crippen LogP contribution in [0.2, 0.25) is 0 Å². The van der Waals surface area contributed by atoms with Crippen LogP contribution in [0.15, 0.2) is 0 Å². The molecule has 0 rings (SSSR count). The van der Waals surface area contributed by atoms with Crippen molar-refractivity contribution in [2.24, 2.45) is 0 Å². The predicted molar refractivity (Wildman–Crippen MR) is 21.0 cm³/mol. The van der Waals surface area contributed by atoms with Crippen molar-refractivity contribution in [2.75, 3.05) is 0 Å². The molecule has 0 aliphatic carbocycles. The number of hydrogen-bond acceptors (Lipinski definition) is 8. The molecule has 13 heteroatoms. The van der Waals surface area contributed by atoms with Gasteiger partial charge >= 0.3 is 57.2 Å². The van der Waals surface area contributed by atoms with Gasteiger partial charge in [0.1, 0.15) is 0 Å². The van der Waals surface area contributed by atoms with Crippen LogP contribution >= 0.6 is 15.6 Å². The van der Waals surface area contributed by atoms with Crippen LogP contribution in [0.5, 0.6) is 0 Å². The van der Waals surface area contributed by atoms with Crippen LogP contribution in [0.3, 0.4) is 0 Å². The summed E-state index contributed by atoms with van der Waals surface area (Å²) >= 11 is 0. The van der Waals surface area contributed by atoms with Gasteiger partial charge < -0.3 is 38.5 Å². The number of phosphoric acid groups is 2. The van der Waals surface area contributed by atoms with Crippen molar-refractivity contribution < 1.29 is 72.6 Å². The smallest absolute Gasteiger partial charge is 0.822 e. The van der Waals surface area contributed by atoms with Gasteiger partial charge in [0.15, 0.2) is 0 Å². The van der Waals surface area contributed by atoms with Crippen molar-refractivity contribution in [2.45, 2.75) is 0 Å². The Balaban J connectivity index is -0.0000000267. The Morgan fingerprint density at radius 1 is 0.692 bits per heavy atom. The molecule has 75 valence electrons. The first-order valence-corrected chi connectivity index (χ1v) is 4.38. The molecule has 0 heterocycles. The Kier molecular flexibility index (Phi) is 27.4. The topological polar surface area (TPSA) is 172 Å². The van der Waals surface area contributed by atoms with Gasteiger partial charge in [0.05, 0.1) is 0 Å². The fraction of sp³-hybridized carbons (Fsp3) is 0. The predicted octanol–water partition coefficient (Wildman–Crippen LogP) is -6.04. The van der Waals surface area contributed by atoms with E-state index in [1.165, 1.54) is 0 Å². The molecular weight excluding hydrogens is 325 g/mol. The summed E-state index contributed by atoms with van der Waals surface area (Å²) in [5.74, 6) is 0. The van der Waals surface area contributed by atoms with Crippen molar-refractivity contribution in [3.63, 3.8) is 0 Å².